The summed E-state index contributed by atoms with van der Waals surface area (Å²) in [6.07, 6.45) is 3.20. The van der Waals surface area contributed by atoms with Gasteiger partial charge in [-0.1, -0.05) is 31.2 Å². The quantitative estimate of drug-likeness (QED) is 0.840. The summed E-state index contributed by atoms with van der Waals surface area (Å²) >= 11 is 0. The summed E-state index contributed by atoms with van der Waals surface area (Å²) in [6.45, 7) is 2.77. The van der Waals surface area contributed by atoms with Crippen LogP contribution in [0.15, 0.2) is 48.5 Å². The fourth-order valence-electron chi connectivity index (χ4n) is 2.91. The molecule has 2 N–H and O–H groups in total. The summed E-state index contributed by atoms with van der Waals surface area (Å²) in [5.74, 6) is 0.857. The first kappa shape index (κ1) is 16.4. The van der Waals surface area contributed by atoms with E-state index in [9.17, 15) is 4.79 Å². The van der Waals surface area contributed by atoms with Gasteiger partial charge in [0.05, 0.1) is 7.11 Å². The Hall–Kier alpha value is -2.49. The van der Waals surface area contributed by atoms with Crippen LogP contribution in [0.1, 0.15) is 30.9 Å². The van der Waals surface area contributed by atoms with E-state index in [2.05, 4.69) is 29.7 Å². The van der Waals surface area contributed by atoms with Gasteiger partial charge in [0.2, 0.25) is 0 Å². The summed E-state index contributed by atoms with van der Waals surface area (Å²) in [5, 5.41) is 5.90. The molecule has 0 aliphatic heterocycles. The second-order valence-corrected chi connectivity index (χ2v) is 6.37. The first-order valence-corrected chi connectivity index (χ1v) is 8.43. The average Bonchev–Trinajstić information content (AvgIpc) is 3.42. The topological polar surface area (TPSA) is 50.4 Å². The number of methoxy groups -OCH3 is 1. The number of ether oxygens (including phenoxy) is 1. The normalized spacial score (nSPS) is 14.8. The van der Waals surface area contributed by atoms with E-state index in [4.69, 9.17) is 4.74 Å². The van der Waals surface area contributed by atoms with Gasteiger partial charge in [0.15, 0.2) is 0 Å². The molecule has 1 fully saturated rings. The fraction of sp³-hybridized carbons (Fsp3) is 0.350. The highest BCUT2D eigenvalue weighted by Gasteiger charge is 2.44. The molecule has 2 aromatic rings. The van der Waals surface area contributed by atoms with Crippen LogP contribution in [0.3, 0.4) is 0 Å². The predicted molar refractivity (Wildman–Crippen MR) is 96.7 cm³/mol. The van der Waals surface area contributed by atoms with Crippen molar-refractivity contribution in [1.29, 1.82) is 0 Å². The molecule has 0 spiro atoms. The van der Waals surface area contributed by atoms with Crippen molar-refractivity contribution in [1.82, 2.24) is 5.32 Å². The van der Waals surface area contributed by atoms with Crippen LogP contribution in [0.2, 0.25) is 0 Å². The zero-order valence-electron chi connectivity index (χ0n) is 14.3. The number of amides is 2. The third kappa shape index (κ3) is 3.70. The zero-order chi connectivity index (χ0) is 17.0. The van der Waals surface area contributed by atoms with Crippen LogP contribution < -0.4 is 15.4 Å². The number of benzene rings is 2. The lowest BCUT2D eigenvalue weighted by molar-refractivity contribution is 0.251. The minimum Gasteiger partial charge on any atom is -0.497 e. The van der Waals surface area contributed by atoms with Crippen molar-refractivity contribution in [2.24, 2.45) is 0 Å². The lowest BCUT2D eigenvalue weighted by Gasteiger charge is -2.17. The predicted octanol–water partition coefficient (Wildman–Crippen LogP) is 4.11. The minimum atomic E-state index is -0.154. The Bertz CT molecular complexity index is 689. The first-order chi connectivity index (χ1) is 11.6. The molecule has 1 aliphatic carbocycles. The van der Waals surface area contributed by atoms with Gasteiger partial charge in [0, 0.05) is 17.6 Å². The molecule has 2 aromatic carbocycles. The van der Waals surface area contributed by atoms with Gasteiger partial charge in [0.25, 0.3) is 0 Å². The van der Waals surface area contributed by atoms with E-state index in [0.717, 1.165) is 30.7 Å². The standard InChI is InChI=1S/C20H24N2O2/c1-3-15-4-8-17(9-5-15)22-19(23)21-14-20(12-13-20)16-6-10-18(24-2)11-7-16/h4-11H,3,12-14H2,1-2H3,(H2,21,22,23). The molecule has 0 unspecified atom stereocenters. The van der Waals surface area contributed by atoms with Crippen LogP contribution in [0, 0.1) is 0 Å². The van der Waals surface area contributed by atoms with Crippen LogP contribution in [0.5, 0.6) is 5.75 Å². The monoisotopic (exact) mass is 324 g/mol. The molecule has 126 valence electrons. The molecule has 0 saturated heterocycles. The Kier molecular flexibility index (Phi) is 4.74. The maximum Gasteiger partial charge on any atom is 0.319 e. The number of hydrogen-bond acceptors (Lipinski definition) is 2. The van der Waals surface area contributed by atoms with Gasteiger partial charge >= 0.3 is 6.03 Å². The van der Waals surface area contributed by atoms with Gasteiger partial charge in [-0.15, -0.1) is 0 Å². The molecule has 0 heterocycles. The molecule has 0 radical (unpaired) electrons. The van der Waals surface area contributed by atoms with E-state index < -0.39 is 0 Å². The Morgan fingerprint density at radius 2 is 1.75 bits per heavy atom. The zero-order valence-corrected chi connectivity index (χ0v) is 14.3. The first-order valence-electron chi connectivity index (χ1n) is 8.43. The van der Waals surface area contributed by atoms with Crippen molar-refractivity contribution in [2.45, 2.75) is 31.6 Å². The summed E-state index contributed by atoms with van der Waals surface area (Å²) in [7, 11) is 1.67. The number of rotatable bonds is 6. The van der Waals surface area contributed by atoms with Crippen molar-refractivity contribution >= 4 is 11.7 Å². The lowest BCUT2D eigenvalue weighted by Crippen LogP contribution is -2.35. The number of carbonyl (C=O) groups excluding carboxylic acids is 1. The molecular weight excluding hydrogens is 300 g/mol. The summed E-state index contributed by atoms with van der Waals surface area (Å²) in [4.78, 5) is 12.1. The Morgan fingerprint density at radius 1 is 1.08 bits per heavy atom. The van der Waals surface area contributed by atoms with Crippen molar-refractivity contribution < 1.29 is 9.53 Å². The van der Waals surface area contributed by atoms with Gasteiger partial charge < -0.3 is 15.4 Å². The molecule has 0 aromatic heterocycles. The molecule has 0 atom stereocenters. The molecule has 3 rings (SSSR count). The van der Waals surface area contributed by atoms with Crippen molar-refractivity contribution in [3.63, 3.8) is 0 Å². The van der Waals surface area contributed by atoms with Gasteiger partial charge in [-0.25, -0.2) is 4.79 Å². The third-order valence-electron chi connectivity index (χ3n) is 4.76. The maximum absolute atomic E-state index is 12.1. The summed E-state index contributed by atoms with van der Waals surface area (Å²) in [5.41, 5.74) is 3.42. The van der Waals surface area contributed by atoms with Crippen molar-refractivity contribution in [2.75, 3.05) is 19.0 Å². The number of aryl methyl sites for hydroxylation is 1. The van der Waals surface area contributed by atoms with E-state index in [-0.39, 0.29) is 11.4 Å². The highest BCUT2D eigenvalue weighted by Crippen LogP contribution is 2.47. The molecule has 1 aliphatic rings. The highest BCUT2D eigenvalue weighted by molar-refractivity contribution is 5.89. The van der Waals surface area contributed by atoms with Gasteiger partial charge in [-0.2, -0.15) is 0 Å². The maximum atomic E-state index is 12.1. The molecular formula is C20H24N2O2. The van der Waals surface area contributed by atoms with Gasteiger partial charge in [-0.05, 0) is 54.7 Å². The molecule has 0 bridgehead atoms. The van der Waals surface area contributed by atoms with E-state index >= 15 is 0 Å². The smallest absolute Gasteiger partial charge is 0.319 e. The average molecular weight is 324 g/mol. The van der Waals surface area contributed by atoms with E-state index in [0.29, 0.717) is 6.54 Å². The largest absolute Gasteiger partial charge is 0.497 e. The lowest BCUT2D eigenvalue weighted by atomic mass is 9.96. The number of nitrogens with one attached hydrogen (secondary N) is 2. The van der Waals surface area contributed by atoms with Crippen LogP contribution in [-0.2, 0) is 11.8 Å². The van der Waals surface area contributed by atoms with Crippen LogP contribution >= 0.6 is 0 Å². The molecule has 2 amide bonds. The second kappa shape index (κ2) is 6.95. The Morgan fingerprint density at radius 3 is 2.29 bits per heavy atom. The Balaban J connectivity index is 1.55. The van der Waals surface area contributed by atoms with E-state index in [1.54, 1.807) is 7.11 Å². The number of urea groups is 1. The van der Waals surface area contributed by atoms with Crippen molar-refractivity contribution in [3.8, 4) is 5.75 Å². The third-order valence-corrected chi connectivity index (χ3v) is 4.76. The summed E-state index contributed by atoms with van der Waals surface area (Å²) in [6, 6.07) is 15.9. The second-order valence-electron chi connectivity index (χ2n) is 6.37. The fourth-order valence-corrected chi connectivity index (χ4v) is 2.91. The molecule has 1 saturated carbocycles. The number of carbonyl (C=O) groups is 1. The van der Waals surface area contributed by atoms with Gasteiger partial charge in [-0.3, -0.25) is 0 Å². The summed E-state index contributed by atoms with van der Waals surface area (Å²) < 4.78 is 5.20. The molecule has 24 heavy (non-hydrogen) atoms. The van der Waals surface area contributed by atoms with Crippen LogP contribution in [0.4, 0.5) is 10.5 Å². The minimum absolute atomic E-state index is 0.0790. The Labute approximate surface area is 143 Å². The van der Waals surface area contributed by atoms with Crippen molar-refractivity contribution in [3.05, 3.63) is 59.7 Å². The molecule has 4 heteroatoms. The highest BCUT2D eigenvalue weighted by atomic mass is 16.5. The van der Waals surface area contributed by atoms with E-state index in [1.807, 2.05) is 36.4 Å². The van der Waals surface area contributed by atoms with Gasteiger partial charge in [0.1, 0.15) is 5.75 Å². The van der Waals surface area contributed by atoms with Crippen LogP contribution in [0.25, 0.3) is 0 Å². The SMILES string of the molecule is CCc1ccc(NC(=O)NCC2(c3ccc(OC)cc3)CC2)cc1. The molecule has 4 nitrogen and oxygen atoms in total. The van der Waals surface area contributed by atoms with E-state index in [1.165, 1.54) is 11.1 Å². The number of hydrogen-bond donors (Lipinski definition) is 2. The number of anilines is 1. The van der Waals surface area contributed by atoms with Crippen LogP contribution in [-0.4, -0.2) is 19.7 Å².